The van der Waals surface area contributed by atoms with Crippen LogP contribution in [0.2, 0.25) is 0 Å². The van der Waals surface area contributed by atoms with E-state index in [0.717, 1.165) is 35.0 Å². The Kier molecular flexibility index (Phi) is 6.51. The molecule has 0 spiro atoms. The predicted molar refractivity (Wildman–Crippen MR) is 120 cm³/mol. The molecule has 0 unspecified atom stereocenters. The van der Waals surface area contributed by atoms with Gasteiger partial charge in [0.1, 0.15) is 5.82 Å². The number of benzene rings is 2. The van der Waals surface area contributed by atoms with Gasteiger partial charge in [-0.1, -0.05) is 42.5 Å². The molecule has 1 aliphatic heterocycles. The number of piperidine rings is 1. The summed E-state index contributed by atoms with van der Waals surface area (Å²) in [4.78, 5) is 27.5. The molecule has 0 N–H and O–H groups in total. The van der Waals surface area contributed by atoms with Gasteiger partial charge in [-0.2, -0.15) is 5.10 Å². The minimum absolute atomic E-state index is 0.0796. The smallest absolute Gasteiger partial charge is 0.345 e. The number of hydrogen-bond acceptors (Lipinski definition) is 4. The van der Waals surface area contributed by atoms with Gasteiger partial charge >= 0.3 is 5.69 Å². The van der Waals surface area contributed by atoms with Crippen LogP contribution in [0.3, 0.4) is 0 Å². The first-order valence-electron chi connectivity index (χ1n) is 11.0. The lowest BCUT2D eigenvalue weighted by Crippen LogP contribution is -2.39. The Labute approximate surface area is 182 Å². The number of fused-ring (bicyclic) bond motifs is 1. The first-order chi connectivity index (χ1) is 15.1. The Morgan fingerprint density at radius 1 is 1.13 bits per heavy atom. The van der Waals surface area contributed by atoms with E-state index in [1.165, 1.54) is 4.68 Å². The standard InChI is InChI=1S/C24H30N4O3/c1-3-27-23(25-28(24(27)30)15-16-31-2)19-11-13-26(14-12-19)22(29)17-20-9-6-8-18-7-4-5-10-21(18)20/h4-10,19H,3,11-17H2,1-2H3. The first-order valence-corrected chi connectivity index (χ1v) is 11.0. The topological polar surface area (TPSA) is 69.4 Å². The van der Waals surface area contributed by atoms with E-state index in [9.17, 15) is 9.59 Å². The zero-order valence-electron chi connectivity index (χ0n) is 18.3. The number of rotatable bonds is 7. The third-order valence-corrected chi connectivity index (χ3v) is 6.21. The summed E-state index contributed by atoms with van der Waals surface area (Å²) in [6.07, 6.45) is 2.06. The zero-order valence-corrected chi connectivity index (χ0v) is 18.3. The van der Waals surface area contributed by atoms with Gasteiger partial charge in [0.25, 0.3) is 0 Å². The molecular formula is C24H30N4O3. The van der Waals surface area contributed by atoms with Gasteiger partial charge in [0.15, 0.2) is 0 Å². The number of carbonyl (C=O) groups is 1. The van der Waals surface area contributed by atoms with Crippen molar-refractivity contribution in [2.24, 2.45) is 0 Å². The minimum Gasteiger partial charge on any atom is -0.383 e. The molecule has 0 atom stereocenters. The summed E-state index contributed by atoms with van der Waals surface area (Å²) in [6.45, 7) is 4.87. The van der Waals surface area contributed by atoms with Gasteiger partial charge in [0, 0.05) is 32.7 Å². The summed E-state index contributed by atoms with van der Waals surface area (Å²) in [5.74, 6) is 1.19. The molecular weight excluding hydrogens is 392 g/mol. The highest BCUT2D eigenvalue weighted by Gasteiger charge is 2.28. The summed E-state index contributed by atoms with van der Waals surface area (Å²) in [5.41, 5.74) is 0.992. The van der Waals surface area contributed by atoms with Gasteiger partial charge in [-0.05, 0) is 36.1 Å². The van der Waals surface area contributed by atoms with Gasteiger partial charge in [0.05, 0.1) is 19.6 Å². The molecule has 1 aromatic heterocycles. The SMILES string of the molecule is CCn1c(C2CCN(C(=O)Cc3cccc4ccccc34)CC2)nn(CCOC)c1=O. The molecule has 3 aromatic rings. The largest absolute Gasteiger partial charge is 0.383 e. The van der Waals surface area contributed by atoms with E-state index >= 15 is 0 Å². The second kappa shape index (κ2) is 9.47. The van der Waals surface area contributed by atoms with Gasteiger partial charge in [0.2, 0.25) is 5.91 Å². The second-order valence-electron chi connectivity index (χ2n) is 8.07. The van der Waals surface area contributed by atoms with E-state index in [0.29, 0.717) is 39.2 Å². The first kappa shape index (κ1) is 21.3. The Balaban J connectivity index is 1.43. The van der Waals surface area contributed by atoms with Crippen LogP contribution in [0.15, 0.2) is 47.3 Å². The molecule has 0 radical (unpaired) electrons. The van der Waals surface area contributed by atoms with E-state index in [4.69, 9.17) is 4.74 Å². The van der Waals surface area contributed by atoms with Crippen molar-refractivity contribution in [3.05, 3.63) is 64.3 Å². The van der Waals surface area contributed by atoms with Crippen molar-refractivity contribution < 1.29 is 9.53 Å². The lowest BCUT2D eigenvalue weighted by atomic mass is 9.95. The van der Waals surface area contributed by atoms with Crippen LogP contribution in [0, 0.1) is 0 Å². The van der Waals surface area contributed by atoms with E-state index in [1.807, 2.05) is 36.1 Å². The maximum Gasteiger partial charge on any atom is 0.345 e. The highest BCUT2D eigenvalue weighted by atomic mass is 16.5. The summed E-state index contributed by atoms with van der Waals surface area (Å²) in [6, 6.07) is 14.3. The second-order valence-corrected chi connectivity index (χ2v) is 8.07. The van der Waals surface area contributed by atoms with E-state index in [2.05, 4.69) is 23.3 Å². The average Bonchev–Trinajstić information content (AvgIpc) is 3.13. The van der Waals surface area contributed by atoms with E-state index in [-0.39, 0.29) is 17.5 Å². The number of amides is 1. The van der Waals surface area contributed by atoms with Crippen LogP contribution in [0.1, 0.15) is 37.1 Å². The fourth-order valence-corrected chi connectivity index (χ4v) is 4.49. The van der Waals surface area contributed by atoms with Crippen LogP contribution in [-0.4, -0.2) is 52.0 Å². The molecule has 1 amide bonds. The number of methoxy groups -OCH3 is 1. The molecule has 1 saturated heterocycles. The van der Waals surface area contributed by atoms with Crippen LogP contribution in [0.25, 0.3) is 10.8 Å². The number of aromatic nitrogens is 3. The molecule has 164 valence electrons. The highest BCUT2D eigenvalue weighted by Crippen LogP contribution is 2.27. The Morgan fingerprint density at radius 2 is 1.87 bits per heavy atom. The Morgan fingerprint density at radius 3 is 2.61 bits per heavy atom. The molecule has 31 heavy (non-hydrogen) atoms. The number of ether oxygens (including phenoxy) is 1. The average molecular weight is 423 g/mol. The van der Waals surface area contributed by atoms with Crippen molar-refractivity contribution in [2.75, 3.05) is 26.8 Å². The highest BCUT2D eigenvalue weighted by molar-refractivity contribution is 5.90. The van der Waals surface area contributed by atoms with Crippen molar-refractivity contribution in [1.29, 1.82) is 0 Å². The number of likely N-dealkylation sites (tertiary alicyclic amines) is 1. The lowest BCUT2D eigenvalue weighted by molar-refractivity contribution is -0.131. The zero-order chi connectivity index (χ0) is 21.8. The van der Waals surface area contributed by atoms with Gasteiger partial charge in [-0.3, -0.25) is 9.36 Å². The quantitative estimate of drug-likeness (QED) is 0.587. The van der Waals surface area contributed by atoms with Crippen LogP contribution in [-0.2, 0) is 29.0 Å². The van der Waals surface area contributed by atoms with Crippen LogP contribution >= 0.6 is 0 Å². The number of carbonyl (C=O) groups excluding carboxylic acids is 1. The van der Waals surface area contributed by atoms with Crippen molar-refractivity contribution in [3.8, 4) is 0 Å². The predicted octanol–water partition coefficient (Wildman–Crippen LogP) is 2.81. The van der Waals surface area contributed by atoms with Crippen LogP contribution in [0.4, 0.5) is 0 Å². The molecule has 1 fully saturated rings. The Hall–Kier alpha value is -2.93. The molecule has 0 bridgehead atoms. The van der Waals surface area contributed by atoms with Crippen molar-refractivity contribution in [1.82, 2.24) is 19.2 Å². The minimum atomic E-state index is -0.0796. The third-order valence-electron chi connectivity index (χ3n) is 6.21. The van der Waals surface area contributed by atoms with Crippen LogP contribution < -0.4 is 5.69 Å². The molecule has 4 rings (SSSR count). The molecule has 0 aliphatic carbocycles. The summed E-state index contributed by atoms with van der Waals surface area (Å²) < 4.78 is 8.35. The molecule has 2 aromatic carbocycles. The van der Waals surface area contributed by atoms with Crippen molar-refractivity contribution in [3.63, 3.8) is 0 Å². The van der Waals surface area contributed by atoms with E-state index in [1.54, 1.807) is 11.7 Å². The maximum absolute atomic E-state index is 13.0. The van der Waals surface area contributed by atoms with Crippen LogP contribution in [0.5, 0.6) is 0 Å². The normalized spacial score (nSPS) is 15.0. The number of nitrogens with zero attached hydrogens (tertiary/aromatic N) is 4. The maximum atomic E-state index is 13.0. The molecule has 7 heteroatoms. The summed E-state index contributed by atoms with van der Waals surface area (Å²) >= 11 is 0. The van der Waals surface area contributed by atoms with Gasteiger partial charge < -0.3 is 9.64 Å². The molecule has 1 aliphatic rings. The molecule has 2 heterocycles. The van der Waals surface area contributed by atoms with Crippen molar-refractivity contribution >= 4 is 16.7 Å². The summed E-state index contributed by atoms with van der Waals surface area (Å²) in [7, 11) is 1.62. The van der Waals surface area contributed by atoms with Crippen molar-refractivity contribution in [2.45, 2.75) is 45.2 Å². The summed E-state index contributed by atoms with van der Waals surface area (Å²) in [5, 5.41) is 6.90. The van der Waals surface area contributed by atoms with E-state index < -0.39 is 0 Å². The monoisotopic (exact) mass is 422 g/mol. The Bertz CT molecular complexity index is 1100. The fraction of sp³-hybridized carbons (Fsp3) is 0.458. The van der Waals surface area contributed by atoms with Gasteiger partial charge in [-0.25, -0.2) is 9.48 Å². The van der Waals surface area contributed by atoms with Gasteiger partial charge in [-0.15, -0.1) is 0 Å². The molecule has 7 nitrogen and oxygen atoms in total. The number of hydrogen-bond donors (Lipinski definition) is 0. The fourth-order valence-electron chi connectivity index (χ4n) is 4.49. The molecule has 0 saturated carbocycles. The lowest BCUT2D eigenvalue weighted by Gasteiger charge is -2.31. The third kappa shape index (κ3) is 4.42.